The lowest BCUT2D eigenvalue weighted by molar-refractivity contribution is 0.391. The van der Waals surface area contributed by atoms with Crippen LogP contribution in [0, 0.1) is 0 Å². The maximum absolute atomic E-state index is 11.8. The number of aromatic nitrogens is 5. The van der Waals surface area contributed by atoms with Gasteiger partial charge in [-0.3, -0.25) is 14.3 Å². The molecule has 0 atom stereocenters. The van der Waals surface area contributed by atoms with E-state index in [1.807, 2.05) is 31.2 Å². The molecule has 34 heavy (non-hydrogen) atoms. The molecule has 1 aromatic carbocycles. The normalized spacial score (nSPS) is 11.6. The van der Waals surface area contributed by atoms with E-state index >= 15 is 0 Å². The summed E-state index contributed by atoms with van der Waals surface area (Å²) in [6.45, 7) is 4.10. The monoisotopic (exact) mass is 482 g/mol. The van der Waals surface area contributed by atoms with Crippen LogP contribution in [0.15, 0.2) is 36.7 Å². The fourth-order valence-electron chi connectivity index (χ4n) is 3.91. The molecule has 0 aliphatic carbocycles. The summed E-state index contributed by atoms with van der Waals surface area (Å²) in [4.78, 5) is 18.4. The topological polar surface area (TPSA) is 121 Å². The molecule has 1 N–H and O–H groups in total. The third-order valence-electron chi connectivity index (χ3n) is 5.34. The fourth-order valence-corrected chi connectivity index (χ4v) is 4.39. The highest BCUT2D eigenvalue weighted by Crippen LogP contribution is 2.39. The predicted octanol–water partition coefficient (Wildman–Crippen LogP) is 3.39. The van der Waals surface area contributed by atoms with Crippen molar-refractivity contribution in [3.8, 4) is 28.6 Å². The molecule has 4 rings (SSSR count). The van der Waals surface area contributed by atoms with Crippen molar-refractivity contribution in [3.63, 3.8) is 0 Å². The highest BCUT2D eigenvalue weighted by Gasteiger charge is 2.26. The maximum atomic E-state index is 11.8. The Morgan fingerprint density at radius 3 is 2.29 bits per heavy atom. The lowest BCUT2D eigenvalue weighted by Gasteiger charge is -2.18. The number of ether oxygens (including phenoxy) is 2. The van der Waals surface area contributed by atoms with Gasteiger partial charge < -0.3 is 9.47 Å². The van der Waals surface area contributed by atoms with Gasteiger partial charge in [-0.25, -0.2) is 23.4 Å². The van der Waals surface area contributed by atoms with E-state index in [9.17, 15) is 8.42 Å². The van der Waals surface area contributed by atoms with Gasteiger partial charge in [0.05, 0.1) is 32.4 Å². The van der Waals surface area contributed by atoms with Crippen LogP contribution in [-0.4, -0.2) is 53.4 Å². The smallest absolute Gasteiger partial charge is 0.231 e. The van der Waals surface area contributed by atoms with E-state index in [1.54, 1.807) is 25.0 Å². The molecule has 0 fully saturated rings. The van der Waals surface area contributed by atoms with Crippen LogP contribution in [0.25, 0.3) is 28.4 Å². The molecule has 0 spiro atoms. The Balaban J connectivity index is 2.16. The molecule has 3 heterocycles. The molecule has 4 aromatic rings. The molecule has 0 saturated heterocycles. The first-order valence-corrected chi connectivity index (χ1v) is 12.6. The zero-order valence-corrected chi connectivity index (χ0v) is 20.5. The van der Waals surface area contributed by atoms with Crippen LogP contribution in [0.3, 0.4) is 0 Å². The molecular weight excluding hydrogens is 456 g/mol. The SMILES string of the molecule is CCc1ccnc(CC)c1-c1nc2ncc(NS(C)(=O)=O)nc2n1-c1c(OC)cccc1OC. The summed E-state index contributed by atoms with van der Waals surface area (Å²) in [6.07, 6.45) is 5.65. The van der Waals surface area contributed by atoms with Crippen molar-refractivity contribution in [2.24, 2.45) is 0 Å². The molecule has 10 nitrogen and oxygen atoms in total. The van der Waals surface area contributed by atoms with Crippen LogP contribution in [0.1, 0.15) is 25.1 Å². The van der Waals surface area contributed by atoms with Gasteiger partial charge in [0.15, 0.2) is 22.9 Å². The number of imidazole rings is 1. The highest BCUT2D eigenvalue weighted by molar-refractivity contribution is 7.92. The number of methoxy groups -OCH3 is 2. The van der Waals surface area contributed by atoms with Crippen LogP contribution in [0.2, 0.25) is 0 Å². The van der Waals surface area contributed by atoms with Gasteiger partial charge in [0.25, 0.3) is 0 Å². The van der Waals surface area contributed by atoms with Gasteiger partial charge in [0, 0.05) is 11.8 Å². The van der Waals surface area contributed by atoms with Crippen molar-refractivity contribution in [2.75, 3.05) is 25.2 Å². The molecule has 0 amide bonds. The molecule has 0 bridgehead atoms. The van der Waals surface area contributed by atoms with Crippen molar-refractivity contribution in [1.82, 2.24) is 24.5 Å². The Morgan fingerprint density at radius 2 is 1.71 bits per heavy atom. The standard InChI is InChI=1S/C23H26N6O4S/c1-6-14-11-12-24-15(7-2)19(14)22-27-21-23(26-18(13-25-21)28-34(5,30)31)29(22)20-16(32-3)9-8-10-17(20)33-4/h8-13H,6-7H2,1-5H3,(H,26,28). The van der Waals surface area contributed by atoms with E-state index in [1.165, 1.54) is 6.20 Å². The summed E-state index contributed by atoms with van der Waals surface area (Å²) >= 11 is 0. The van der Waals surface area contributed by atoms with Gasteiger partial charge in [-0.1, -0.05) is 19.9 Å². The number of nitrogens with zero attached hydrogens (tertiary/aromatic N) is 5. The van der Waals surface area contributed by atoms with Gasteiger partial charge in [-0.15, -0.1) is 0 Å². The summed E-state index contributed by atoms with van der Waals surface area (Å²) in [5.74, 6) is 1.71. The number of anilines is 1. The summed E-state index contributed by atoms with van der Waals surface area (Å²) in [5, 5.41) is 0. The van der Waals surface area contributed by atoms with E-state index in [0.29, 0.717) is 40.7 Å². The van der Waals surface area contributed by atoms with Crippen molar-refractivity contribution < 1.29 is 17.9 Å². The number of sulfonamides is 1. The van der Waals surface area contributed by atoms with Gasteiger partial charge in [0.2, 0.25) is 10.0 Å². The van der Waals surface area contributed by atoms with Crippen molar-refractivity contribution in [3.05, 3.63) is 47.9 Å². The minimum Gasteiger partial charge on any atom is -0.494 e. The fraction of sp³-hybridized carbons (Fsp3) is 0.304. The Kier molecular flexibility index (Phi) is 6.38. The summed E-state index contributed by atoms with van der Waals surface area (Å²) < 4.78 is 39.2. The van der Waals surface area contributed by atoms with Crippen molar-refractivity contribution in [2.45, 2.75) is 26.7 Å². The summed E-state index contributed by atoms with van der Waals surface area (Å²) in [7, 11) is -0.421. The predicted molar refractivity (Wildman–Crippen MR) is 130 cm³/mol. The first-order valence-electron chi connectivity index (χ1n) is 10.7. The highest BCUT2D eigenvalue weighted by atomic mass is 32.2. The first-order chi connectivity index (χ1) is 16.3. The van der Waals surface area contributed by atoms with Gasteiger partial charge >= 0.3 is 0 Å². The zero-order chi connectivity index (χ0) is 24.5. The number of fused-ring (bicyclic) bond motifs is 1. The van der Waals surface area contributed by atoms with Crippen LogP contribution < -0.4 is 14.2 Å². The maximum Gasteiger partial charge on any atom is 0.231 e. The third-order valence-corrected chi connectivity index (χ3v) is 5.92. The molecule has 0 radical (unpaired) electrons. The minimum absolute atomic E-state index is 0.0779. The molecule has 11 heteroatoms. The Morgan fingerprint density at radius 1 is 1.00 bits per heavy atom. The number of para-hydroxylation sites is 1. The van der Waals surface area contributed by atoms with Crippen LogP contribution in [0.5, 0.6) is 11.5 Å². The number of nitrogens with one attached hydrogen (secondary N) is 1. The van der Waals surface area contributed by atoms with E-state index < -0.39 is 10.0 Å². The Labute approximate surface area is 198 Å². The molecular formula is C23H26N6O4S. The number of hydrogen-bond acceptors (Lipinski definition) is 8. The average molecular weight is 483 g/mol. The zero-order valence-electron chi connectivity index (χ0n) is 19.7. The summed E-state index contributed by atoms with van der Waals surface area (Å²) in [6, 6.07) is 7.41. The second-order valence-electron chi connectivity index (χ2n) is 7.56. The summed E-state index contributed by atoms with van der Waals surface area (Å²) in [5.41, 5.74) is 4.07. The number of hydrogen-bond donors (Lipinski definition) is 1. The number of pyridine rings is 1. The van der Waals surface area contributed by atoms with Crippen molar-refractivity contribution >= 4 is 27.1 Å². The number of rotatable bonds is 8. The van der Waals surface area contributed by atoms with Gasteiger partial charge in [-0.2, -0.15) is 0 Å². The second kappa shape index (κ2) is 9.26. The third kappa shape index (κ3) is 4.26. The van der Waals surface area contributed by atoms with Crippen LogP contribution in [0.4, 0.5) is 5.82 Å². The Bertz CT molecular complexity index is 1420. The lowest BCUT2D eigenvalue weighted by Crippen LogP contribution is -2.12. The Hall–Kier alpha value is -3.73. The molecule has 0 aliphatic rings. The second-order valence-corrected chi connectivity index (χ2v) is 9.31. The van der Waals surface area contributed by atoms with E-state index in [0.717, 1.165) is 29.5 Å². The molecule has 0 aliphatic heterocycles. The quantitative estimate of drug-likeness (QED) is 0.406. The minimum atomic E-state index is -3.56. The average Bonchev–Trinajstić information content (AvgIpc) is 3.19. The van der Waals surface area contributed by atoms with Crippen LogP contribution >= 0.6 is 0 Å². The van der Waals surface area contributed by atoms with E-state index in [2.05, 4.69) is 26.6 Å². The van der Waals surface area contributed by atoms with Gasteiger partial charge in [-0.05, 0) is 36.6 Å². The number of aryl methyl sites for hydroxylation is 2. The van der Waals surface area contributed by atoms with E-state index in [4.69, 9.17) is 14.5 Å². The number of benzene rings is 1. The first kappa shape index (κ1) is 23.4. The van der Waals surface area contributed by atoms with E-state index in [-0.39, 0.29) is 5.82 Å². The largest absolute Gasteiger partial charge is 0.494 e. The van der Waals surface area contributed by atoms with Crippen LogP contribution in [-0.2, 0) is 22.9 Å². The molecule has 0 unspecified atom stereocenters. The lowest BCUT2D eigenvalue weighted by atomic mass is 10.0. The molecule has 178 valence electrons. The molecule has 0 saturated carbocycles. The molecule has 3 aromatic heterocycles. The van der Waals surface area contributed by atoms with Crippen molar-refractivity contribution in [1.29, 1.82) is 0 Å². The van der Waals surface area contributed by atoms with Gasteiger partial charge in [0.1, 0.15) is 17.2 Å².